The largest absolute Gasteiger partial charge is 0.356 e. The standard InChI is InChI=1S/C19H24N2O/c1-15(13-20)14-21-19(22)12-18(16-8-4-2-5-9-16)17-10-6-3-7-11-17/h2-11,15,18H,12-14,20H2,1H3,(H,21,22). The van der Waals surface area contributed by atoms with Crippen LogP contribution in [-0.4, -0.2) is 19.0 Å². The SMILES string of the molecule is CC(CN)CNC(=O)CC(c1ccccc1)c1ccccc1. The molecule has 0 radical (unpaired) electrons. The van der Waals surface area contributed by atoms with E-state index in [1.807, 2.05) is 43.3 Å². The van der Waals surface area contributed by atoms with Crippen molar-refractivity contribution in [3.05, 3.63) is 71.8 Å². The summed E-state index contributed by atoms with van der Waals surface area (Å²) in [6, 6.07) is 20.4. The molecule has 0 aliphatic rings. The van der Waals surface area contributed by atoms with Gasteiger partial charge in [0.1, 0.15) is 0 Å². The van der Waals surface area contributed by atoms with E-state index in [-0.39, 0.29) is 11.8 Å². The van der Waals surface area contributed by atoms with Crippen molar-refractivity contribution in [1.29, 1.82) is 0 Å². The van der Waals surface area contributed by atoms with Crippen LogP contribution in [0, 0.1) is 5.92 Å². The van der Waals surface area contributed by atoms with E-state index in [1.54, 1.807) is 0 Å². The third kappa shape index (κ3) is 4.71. The minimum absolute atomic E-state index is 0.0676. The van der Waals surface area contributed by atoms with Crippen molar-refractivity contribution in [2.75, 3.05) is 13.1 Å². The Morgan fingerprint density at radius 3 is 1.95 bits per heavy atom. The van der Waals surface area contributed by atoms with Gasteiger partial charge in [0, 0.05) is 18.9 Å². The molecule has 2 aromatic carbocycles. The van der Waals surface area contributed by atoms with Crippen molar-refractivity contribution in [2.45, 2.75) is 19.3 Å². The van der Waals surface area contributed by atoms with Crippen LogP contribution in [0.25, 0.3) is 0 Å². The molecule has 0 spiro atoms. The van der Waals surface area contributed by atoms with Crippen molar-refractivity contribution in [3.8, 4) is 0 Å². The number of hydrogen-bond donors (Lipinski definition) is 2. The Hall–Kier alpha value is -2.13. The van der Waals surface area contributed by atoms with Gasteiger partial charge < -0.3 is 11.1 Å². The molecule has 0 heterocycles. The molecule has 3 heteroatoms. The summed E-state index contributed by atoms with van der Waals surface area (Å²) in [7, 11) is 0. The molecular weight excluding hydrogens is 272 g/mol. The maximum Gasteiger partial charge on any atom is 0.220 e. The molecule has 0 saturated heterocycles. The lowest BCUT2D eigenvalue weighted by molar-refractivity contribution is -0.121. The first-order chi connectivity index (χ1) is 10.7. The van der Waals surface area contributed by atoms with E-state index in [1.165, 1.54) is 0 Å². The second kappa shape index (κ2) is 8.35. The van der Waals surface area contributed by atoms with Gasteiger partial charge in [0.15, 0.2) is 0 Å². The van der Waals surface area contributed by atoms with E-state index >= 15 is 0 Å². The highest BCUT2D eigenvalue weighted by Gasteiger charge is 2.18. The molecule has 0 fully saturated rings. The monoisotopic (exact) mass is 296 g/mol. The summed E-state index contributed by atoms with van der Waals surface area (Å²) in [5.41, 5.74) is 7.92. The molecule has 0 aliphatic heterocycles. The fourth-order valence-corrected chi connectivity index (χ4v) is 2.43. The zero-order valence-corrected chi connectivity index (χ0v) is 13.0. The summed E-state index contributed by atoms with van der Waals surface area (Å²) >= 11 is 0. The van der Waals surface area contributed by atoms with Crippen LogP contribution in [0.2, 0.25) is 0 Å². The summed E-state index contributed by atoms with van der Waals surface area (Å²) in [6.07, 6.45) is 0.450. The van der Waals surface area contributed by atoms with Crippen LogP contribution in [0.1, 0.15) is 30.4 Å². The summed E-state index contributed by atoms with van der Waals surface area (Å²) in [5.74, 6) is 0.449. The van der Waals surface area contributed by atoms with Crippen LogP contribution < -0.4 is 11.1 Å². The average Bonchev–Trinajstić information content (AvgIpc) is 2.59. The zero-order chi connectivity index (χ0) is 15.8. The van der Waals surface area contributed by atoms with Gasteiger partial charge in [-0.1, -0.05) is 67.6 Å². The second-order valence-electron chi connectivity index (χ2n) is 5.72. The quantitative estimate of drug-likeness (QED) is 0.825. The van der Waals surface area contributed by atoms with Gasteiger partial charge in [-0.25, -0.2) is 0 Å². The molecule has 1 amide bonds. The van der Waals surface area contributed by atoms with E-state index < -0.39 is 0 Å². The van der Waals surface area contributed by atoms with Crippen molar-refractivity contribution in [3.63, 3.8) is 0 Å². The first kappa shape index (κ1) is 16.2. The van der Waals surface area contributed by atoms with Crippen molar-refractivity contribution in [2.24, 2.45) is 11.7 Å². The van der Waals surface area contributed by atoms with E-state index in [9.17, 15) is 4.79 Å². The van der Waals surface area contributed by atoms with Gasteiger partial charge in [-0.2, -0.15) is 0 Å². The number of nitrogens with two attached hydrogens (primary N) is 1. The van der Waals surface area contributed by atoms with Gasteiger partial charge in [0.2, 0.25) is 5.91 Å². The van der Waals surface area contributed by atoms with Crippen LogP contribution in [0.15, 0.2) is 60.7 Å². The number of rotatable bonds is 7. The Bertz CT molecular complexity index is 529. The molecule has 3 N–H and O–H groups in total. The van der Waals surface area contributed by atoms with Gasteiger partial charge in [-0.05, 0) is 23.6 Å². The smallest absolute Gasteiger partial charge is 0.220 e. The van der Waals surface area contributed by atoms with Crippen LogP contribution in [-0.2, 0) is 4.79 Å². The molecule has 2 rings (SSSR count). The predicted molar refractivity (Wildman–Crippen MR) is 90.6 cm³/mol. The Labute approximate surface area is 132 Å². The minimum atomic E-state index is 0.0676. The number of hydrogen-bond acceptors (Lipinski definition) is 2. The van der Waals surface area contributed by atoms with Gasteiger partial charge in [0.05, 0.1) is 0 Å². The highest BCUT2D eigenvalue weighted by Crippen LogP contribution is 2.27. The van der Waals surface area contributed by atoms with Crippen LogP contribution >= 0.6 is 0 Å². The molecule has 3 nitrogen and oxygen atoms in total. The molecule has 0 saturated carbocycles. The maximum absolute atomic E-state index is 12.3. The fraction of sp³-hybridized carbons (Fsp3) is 0.316. The Morgan fingerprint density at radius 1 is 1.00 bits per heavy atom. The number of carbonyl (C=O) groups is 1. The number of carbonyl (C=O) groups excluding carboxylic acids is 1. The van der Waals surface area contributed by atoms with E-state index in [0.717, 1.165) is 11.1 Å². The van der Waals surface area contributed by atoms with Crippen LogP contribution in [0.5, 0.6) is 0 Å². The molecule has 2 aromatic rings. The van der Waals surface area contributed by atoms with Crippen molar-refractivity contribution >= 4 is 5.91 Å². The van der Waals surface area contributed by atoms with Gasteiger partial charge in [-0.15, -0.1) is 0 Å². The minimum Gasteiger partial charge on any atom is -0.356 e. The fourth-order valence-electron chi connectivity index (χ4n) is 2.43. The molecule has 116 valence electrons. The third-order valence-corrected chi connectivity index (χ3v) is 3.84. The van der Waals surface area contributed by atoms with E-state index in [0.29, 0.717) is 25.4 Å². The van der Waals surface area contributed by atoms with E-state index in [4.69, 9.17) is 5.73 Å². The molecule has 1 unspecified atom stereocenters. The number of amides is 1. The normalized spacial score (nSPS) is 12.1. The second-order valence-corrected chi connectivity index (χ2v) is 5.72. The first-order valence-electron chi connectivity index (χ1n) is 7.77. The molecule has 1 atom stereocenters. The first-order valence-corrected chi connectivity index (χ1v) is 7.77. The Morgan fingerprint density at radius 2 is 1.50 bits per heavy atom. The predicted octanol–water partition coefficient (Wildman–Crippen LogP) is 2.92. The Kier molecular flexibility index (Phi) is 6.16. The highest BCUT2D eigenvalue weighted by atomic mass is 16.1. The lowest BCUT2D eigenvalue weighted by Gasteiger charge is -2.18. The van der Waals surface area contributed by atoms with Crippen LogP contribution in [0.4, 0.5) is 0 Å². The van der Waals surface area contributed by atoms with Crippen molar-refractivity contribution in [1.82, 2.24) is 5.32 Å². The molecule has 0 aliphatic carbocycles. The topological polar surface area (TPSA) is 55.1 Å². The maximum atomic E-state index is 12.3. The molecular formula is C19H24N2O. The third-order valence-electron chi connectivity index (χ3n) is 3.84. The Balaban J connectivity index is 2.11. The van der Waals surface area contributed by atoms with Gasteiger partial charge in [-0.3, -0.25) is 4.79 Å². The summed E-state index contributed by atoms with van der Waals surface area (Å²) in [6.45, 7) is 3.25. The summed E-state index contributed by atoms with van der Waals surface area (Å²) in [5, 5.41) is 2.98. The zero-order valence-electron chi connectivity index (χ0n) is 13.0. The average molecular weight is 296 g/mol. The highest BCUT2D eigenvalue weighted by molar-refractivity contribution is 5.77. The molecule has 22 heavy (non-hydrogen) atoms. The lowest BCUT2D eigenvalue weighted by atomic mass is 9.88. The lowest BCUT2D eigenvalue weighted by Crippen LogP contribution is -2.32. The van der Waals surface area contributed by atoms with Crippen molar-refractivity contribution < 1.29 is 4.79 Å². The van der Waals surface area contributed by atoms with Crippen LogP contribution in [0.3, 0.4) is 0 Å². The molecule has 0 aromatic heterocycles. The summed E-state index contributed by atoms with van der Waals surface area (Å²) < 4.78 is 0. The van der Waals surface area contributed by atoms with Gasteiger partial charge in [0.25, 0.3) is 0 Å². The van der Waals surface area contributed by atoms with Gasteiger partial charge >= 0.3 is 0 Å². The number of benzene rings is 2. The molecule has 0 bridgehead atoms. The number of nitrogens with one attached hydrogen (secondary N) is 1. The summed E-state index contributed by atoms with van der Waals surface area (Å²) in [4.78, 5) is 12.3. The van der Waals surface area contributed by atoms with E-state index in [2.05, 4.69) is 29.6 Å².